The quantitative estimate of drug-likeness (QED) is 0.358. The van der Waals surface area contributed by atoms with Gasteiger partial charge in [-0.3, -0.25) is 14.9 Å². The van der Waals surface area contributed by atoms with Gasteiger partial charge in [-0.1, -0.05) is 30.3 Å². The average Bonchev–Trinajstić information content (AvgIpc) is 2.76. The fourth-order valence-corrected chi connectivity index (χ4v) is 3.85. The van der Waals surface area contributed by atoms with Gasteiger partial charge >= 0.3 is 0 Å². The Labute approximate surface area is 192 Å². The molecule has 2 aromatic carbocycles. The van der Waals surface area contributed by atoms with E-state index in [0.29, 0.717) is 28.7 Å². The third-order valence-electron chi connectivity index (χ3n) is 5.27. The zero-order valence-corrected chi connectivity index (χ0v) is 19.2. The number of rotatable bonds is 8. The van der Waals surface area contributed by atoms with Crippen LogP contribution in [0.4, 0.5) is 5.69 Å². The van der Waals surface area contributed by atoms with Crippen LogP contribution in [0.25, 0.3) is 0 Å². The third-order valence-corrected chi connectivity index (χ3v) is 5.66. The molecule has 2 aromatic rings. The number of carbonyl (C=O) groups excluding carboxylic acids is 1. The third kappa shape index (κ3) is 4.72. The van der Waals surface area contributed by atoms with E-state index in [1.807, 2.05) is 37.3 Å². The van der Waals surface area contributed by atoms with E-state index in [0.717, 1.165) is 5.56 Å². The molecule has 0 amide bonds. The summed E-state index contributed by atoms with van der Waals surface area (Å²) in [6.07, 6.45) is 0. The topological polar surface area (TPSA) is 93.9 Å². The molecule has 168 valence electrons. The normalized spacial score (nSPS) is 15.9. The highest BCUT2D eigenvalue weighted by Gasteiger charge is 2.35. The van der Waals surface area contributed by atoms with Crippen molar-refractivity contribution in [1.82, 2.24) is 10.2 Å². The van der Waals surface area contributed by atoms with Gasteiger partial charge in [0, 0.05) is 18.3 Å². The second-order valence-electron chi connectivity index (χ2n) is 7.32. The summed E-state index contributed by atoms with van der Waals surface area (Å²) in [4.78, 5) is 25.7. The number of allylic oxidation sites excluding steroid dienone is 1. The van der Waals surface area contributed by atoms with Crippen molar-refractivity contribution in [2.45, 2.75) is 33.4 Å². The lowest BCUT2D eigenvalue weighted by molar-refractivity contribution is -0.385. The Balaban J connectivity index is 2.11. The maximum Gasteiger partial charge on any atom is 0.279 e. The highest BCUT2D eigenvalue weighted by atomic mass is 32.1. The standard InChI is InChI=1S/C23H25N3O5S/c1-5-30-19-11-17(22-21(15(3)27)14(2)25(4)23(32)24-22)18(26(28)29)12-20(19)31-13-16-9-7-6-8-10-16/h6-12,22H,5,13H2,1-4H3,(H,24,32)/t22-/m1/s1. The van der Waals surface area contributed by atoms with Crippen LogP contribution in [0.15, 0.2) is 53.7 Å². The van der Waals surface area contributed by atoms with E-state index in [1.54, 1.807) is 24.9 Å². The first kappa shape index (κ1) is 23.2. The van der Waals surface area contributed by atoms with Crippen molar-refractivity contribution in [3.05, 3.63) is 75.0 Å². The number of ketones is 1. The summed E-state index contributed by atoms with van der Waals surface area (Å²) in [7, 11) is 1.74. The predicted octanol–water partition coefficient (Wildman–Crippen LogP) is 4.30. The highest BCUT2D eigenvalue weighted by molar-refractivity contribution is 7.80. The number of carbonyl (C=O) groups is 1. The van der Waals surface area contributed by atoms with Crippen molar-refractivity contribution in [3.8, 4) is 11.5 Å². The number of hydrogen-bond donors (Lipinski definition) is 1. The van der Waals surface area contributed by atoms with Crippen molar-refractivity contribution >= 4 is 28.8 Å². The van der Waals surface area contributed by atoms with Gasteiger partial charge in [0.15, 0.2) is 22.4 Å². The minimum atomic E-state index is -0.779. The number of benzene rings is 2. The molecule has 32 heavy (non-hydrogen) atoms. The van der Waals surface area contributed by atoms with Crippen LogP contribution in [-0.2, 0) is 11.4 Å². The molecule has 0 saturated heterocycles. The van der Waals surface area contributed by atoms with E-state index in [2.05, 4.69) is 5.32 Å². The molecule has 0 radical (unpaired) electrons. The first-order valence-corrected chi connectivity index (χ1v) is 10.5. The van der Waals surface area contributed by atoms with Gasteiger partial charge in [0.1, 0.15) is 6.61 Å². The summed E-state index contributed by atoms with van der Waals surface area (Å²) in [5.41, 5.74) is 2.06. The monoisotopic (exact) mass is 455 g/mol. The van der Waals surface area contributed by atoms with Gasteiger partial charge in [-0.15, -0.1) is 0 Å². The van der Waals surface area contributed by atoms with Crippen LogP contribution in [0.3, 0.4) is 0 Å². The number of nitro benzene ring substituents is 1. The van der Waals surface area contributed by atoms with E-state index < -0.39 is 11.0 Å². The number of thiocarbonyl (C=S) groups is 1. The molecule has 1 aliphatic rings. The first-order chi connectivity index (χ1) is 15.2. The van der Waals surface area contributed by atoms with Gasteiger partial charge in [0.05, 0.1) is 29.2 Å². The molecule has 0 bridgehead atoms. The second kappa shape index (κ2) is 9.78. The summed E-state index contributed by atoms with van der Waals surface area (Å²) in [6.45, 7) is 5.58. The van der Waals surface area contributed by atoms with E-state index in [1.165, 1.54) is 13.0 Å². The summed E-state index contributed by atoms with van der Waals surface area (Å²) in [6, 6.07) is 11.6. The van der Waals surface area contributed by atoms with E-state index in [-0.39, 0.29) is 29.4 Å². The summed E-state index contributed by atoms with van der Waals surface area (Å²) < 4.78 is 11.6. The van der Waals surface area contributed by atoms with Crippen LogP contribution >= 0.6 is 12.2 Å². The van der Waals surface area contributed by atoms with Gasteiger partial charge in [-0.05, 0) is 44.6 Å². The fraction of sp³-hybridized carbons (Fsp3) is 0.304. The molecule has 8 nitrogen and oxygen atoms in total. The zero-order chi connectivity index (χ0) is 23.4. The molecule has 0 spiro atoms. The van der Waals surface area contributed by atoms with E-state index in [4.69, 9.17) is 21.7 Å². The molecule has 0 aromatic heterocycles. The average molecular weight is 456 g/mol. The maximum absolute atomic E-state index is 12.5. The van der Waals surface area contributed by atoms with Crippen LogP contribution in [0.5, 0.6) is 11.5 Å². The van der Waals surface area contributed by atoms with Gasteiger partial charge in [0.2, 0.25) is 0 Å². The van der Waals surface area contributed by atoms with Crippen LogP contribution in [-0.4, -0.2) is 34.4 Å². The number of Topliss-reactive ketones (excluding diaryl/α,β-unsaturated/α-hetero) is 1. The molecular formula is C23H25N3O5S. The van der Waals surface area contributed by atoms with Gasteiger partial charge in [-0.2, -0.15) is 0 Å². The number of nitro groups is 1. The molecule has 1 N–H and O–H groups in total. The zero-order valence-electron chi connectivity index (χ0n) is 18.4. The van der Waals surface area contributed by atoms with Crippen molar-refractivity contribution < 1.29 is 19.2 Å². The van der Waals surface area contributed by atoms with Crippen molar-refractivity contribution in [1.29, 1.82) is 0 Å². The SMILES string of the molecule is CCOc1cc([C@H]2NC(=S)N(C)C(C)=C2C(C)=O)c([N+](=O)[O-])cc1OCc1ccccc1. The fourth-order valence-electron chi connectivity index (χ4n) is 3.60. The van der Waals surface area contributed by atoms with Crippen molar-refractivity contribution in [2.75, 3.05) is 13.7 Å². The number of hydrogen-bond acceptors (Lipinski definition) is 6. The summed E-state index contributed by atoms with van der Waals surface area (Å²) in [5, 5.41) is 15.4. The smallest absolute Gasteiger partial charge is 0.279 e. The van der Waals surface area contributed by atoms with Gasteiger partial charge in [-0.25, -0.2) is 0 Å². The molecule has 0 aliphatic carbocycles. The lowest BCUT2D eigenvalue weighted by Crippen LogP contribution is -2.45. The molecule has 3 rings (SSSR count). The van der Waals surface area contributed by atoms with E-state index in [9.17, 15) is 14.9 Å². The Hall–Kier alpha value is -3.46. The summed E-state index contributed by atoms with van der Waals surface area (Å²) in [5.74, 6) is 0.411. The summed E-state index contributed by atoms with van der Waals surface area (Å²) >= 11 is 5.38. The lowest BCUT2D eigenvalue weighted by atomic mass is 9.91. The maximum atomic E-state index is 12.5. The van der Waals surface area contributed by atoms with Crippen LogP contribution in [0, 0.1) is 10.1 Å². The molecule has 0 unspecified atom stereocenters. The van der Waals surface area contributed by atoms with Crippen LogP contribution < -0.4 is 14.8 Å². The van der Waals surface area contributed by atoms with E-state index >= 15 is 0 Å². The van der Waals surface area contributed by atoms with Crippen molar-refractivity contribution in [2.24, 2.45) is 0 Å². The lowest BCUT2D eigenvalue weighted by Gasteiger charge is -2.35. The first-order valence-electron chi connectivity index (χ1n) is 10.1. The Morgan fingerprint density at radius 3 is 2.47 bits per heavy atom. The number of nitrogens with zero attached hydrogens (tertiary/aromatic N) is 2. The molecule has 1 aliphatic heterocycles. The number of ether oxygens (including phenoxy) is 2. The van der Waals surface area contributed by atoms with Crippen LogP contribution in [0.1, 0.15) is 37.9 Å². The van der Waals surface area contributed by atoms with Gasteiger partial charge < -0.3 is 19.7 Å². The minimum Gasteiger partial charge on any atom is -0.490 e. The Bertz CT molecular complexity index is 1080. The molecule has 0 saturated carbocycles. The molecule has 1 heterocycles. The highest BCUT2D eigenvalue weighted by Crippen LogP contribution is 2.42. The molecule has 0 fully saturated rings. The Morgan fingerprint density at radius 1 is 1.22 bits per heavy atom. The largest absolute Gasteiger partial charge is 0.490 e. The second-order valence-corrected chi connectivity index (χ2v) is 7.71. The van der Waals surface area contributed by atoms with Crippen LogP contribution in [0.2, 0.25) is 0 Å². The van der Waals surface area contributed by atoms with Gasteiger partial charge in [0.25, 0.3) is 5.69 Å². The van der Waals surface area contributed by atoms with Crippen molar-refractivity contribution in [3.63, 3.8) is 0 Å². The molecular weight excluding hydrogens is 430 g/mol. The Morgan fingerprint density at radius 2 is 1.88 bits per heavy atom. The Kier molecular flexibility index (Phi) is 7.09. The predicted molar refractivity (Wildman–Crippen MR) is 125 cm³/mol. The molecule has 9 heteroatoms. The molecule has 1 atom stereocenters. The minimum absolute atomic E-state index is 0.187. The number of nitrogens with one attached hydrogen (secondary N) is 1.